The second-order valence-corrected chi connectivity index (χ2v) is 6.54. The molecule has 2 heterocycles. The molecule has 2 saturated carbocycles. The van der Waals surface area contributed by atoms with E-state index < -0.39 is 0 Å². The van der Waals surface area contributed by atoms with Crippen molar-refractivity contribution >= 4 is 21.6 Å². The van der Waals surface area contributed by atoms with Gasteiger partial charge >= 0.3 is 27.7 Å². The molecule has 2 aliphatic carbocycles. The predicted octanol–water partition coefficient (Wildman–Crippen LogP) is 4.18. The van der Waals surface area contributed by atoms with Crippen molar-refractivity contribution in [1.82, 2.24) is 9.97 Å². The number of carbonyl (C=O) groups excluding carboxylic acids is 2. The Kier molecular flexibility index (Phi) is 8.58. The molecule has 140 valence electrons. The molecule has 6 heteroatoms. The van der Waals surface area contributed by atoms with E-state index in [0.29, 0.717) is 11.8 Å². The van der Waals surface area contributed by atoms with Crippen LogP contribution in [0.2, 0.25) is 0 Å². The fraction of sp³-hybridized carbons (Fsp3) is 0.400. The number of aromatic nitrogens is 2. The van der Waals surface area contributed by atoms with E-state index >= 15 is 0 Å². The number of ketones is 1. The van der Waals surface area contributed by atoms with Crippen molar-refractivity contribution in [3.8, 4) is 11.4 Å². The molecule has 2 aliphatic rings. The average Bonchev–Trinajstić information content (AvgIpc) is 3.32. The van der Waals surface area contributed by atoms with Crippen LogP contribution < -0.4 is 0 Å². The fourth-order valence-corrected chi connectivity index (χ4v) is 4.07. The normalized spacial score (nSPS) is 25.4. The summed E-state index contributed by atoms with van der Waals surface area (Å²) in [5, 5.41) is 0. The molecule has 0 aromatic carbocycles. The van der Waals surface area contributed by atoms with Crippen LogP contribution >= 0.6 is 9.53 Å². The molecule has 4 rings (SSSR count). The third kappa shape index (κ3) is 5.07. The van der Waals surface area contributed by atoms with Crippen LogP contribution in [0.15, 0.2) is 48.8 Å². The number of pyridine rings is 2. The Labute approximate surface area is 169 Å². The van der Waals surface area contributed by atoms with E-state index in [1.807, 2.05) is 36.4 Å². The third-order valence-electron chi connectivity index (χ3n) is 5.11. The first-order valence-corrected chi connectivity index (χ1v) is 10.5. The quantitative estimate of drug-likeness (QED) is 0.507. The summed E-state index contributed by atoms with van der Waals surface area (Å²) < 4.78 is 0. The van der Waals surface area contributed by atoms with E-state index in [4.69, 9.17) is 0 Å². The molecule has 4 atom stereocenters. The summed E-state index contributed by atoms with van der Waals surface area (Å²) in [5.74, 6) is 1.11. The van der Waals surface area contributed by atoms with Gasteiger partial charge < -0.3 is 4.79 Å². The molecular weight excluding hydrogens is 442 g/mol. The maximum atomic E-state index is 11.2. The summed E-state index contributed by atoms with van der Waals surface area (Å²) in [4.78, 5) is 30.2. The number of nitrogens with zero attached hydrogens (tertiary/aromatic N) is 2. The van der Waals surface area contributed by atoms with Crippen LogP contribution in [-0.4, -0.2) is 22.0 Å². The van der Waals surface area contributed by atoms with Crippen molar-refractivity contribution in [3.63, 3.8) is 0 Å². The Morgan fingerprint density at radius 1 is 1.04 bits per heavy atom. The van der Waals surface area contributed by atoms with Gasteiger partial charge in [-0.1, -0.05) is 24.5 Å². The van der Waals surface area contributed by atoms with Crippen LogP contribution in [0.1, 0.15) is 26.2 Å². The first kappa shape index (κ1) is 20.9. The molecule has 26 heavy (non-hydrogen) atoms. The minimum Gasteiger partial charge on any atom is -0.255 e. The molecule has 0 radical (unpaired) electrons. The van der Waals surface area contributed by atoms with Crippen LogP contribution in [0, 0.1) is 23.7 Å². The van der Waals surface area contributed by atoms with Gasteiger partial charge in [-0.2, -0.15) is 0 Å². The second-order valence-electron chi connectivity index (χ2n) is 6.54. The van der Waals surface area contributed by atoms with Crippen LogP contribution in [0.4, 0.5) is 0 Å². The van der Waals surface area contributed by atoms with E-state index in [1.165, 1.54) is 0 Å². The zero-order valence-electron chi connectivity index (χ0n) is 14.5. The van der Waals surface area contributed by atoms with Crippen molar-refractivity contribution in [2.24, 2.45) is 23.7 Å². The van der Waals surface area contributed by atoms with E-state index in [0.717, 1.165) is 30.7 Å². The van der Waals surface area contributed by atoms with Gasteiger partial charge in [-0.15, -0.1) is 5.92 Å². The number of hydrogen-bond donors (Lipinski definition) is 0. The molecule has 0 unspecified atom stereocenters. The summed E-state index contributed by atoms with van der Waals surface area (Å²) in [6.07, 6.45) is 8.96. The summed E-state index contributed by atoms with van der Waals surface area (Å²) in [6.45, 7) is 1.61. The van der Waals surface area contributed by atoms with Crippen molar-refractivity contribution in [3.05, 3.63) is 48.8 Å². The monoisotopic (exact) mass is 462 g/mol. The van der Waals surface area contributed by atoms with Gasteiger partial charge in [0.2, 0.25) is 0 Å². The first-order valence-electron chi connectivity index (χ1n) is 8.53. The van der Waals surface area contributed by atoms with Crippen LogP contribution in [0.5, 0.6) is 0 Å². The third-order valence-corrected chi connectivity index (χ3v) is 5.11. The number of hydrogen-bond acceptors (Lipinski definition) is 4. The zero-order valence-corrected chi connectivity index (χ0v) is 16.8. The van der Waals surface area contributed by atoms with E-state index in [9.17, 15) is 9.59 Å². The molecule has 0 saturated heterocycles. The Morgan fingerprint density at radius 3 is 1.96 bits per heavy atom. The molecule has 2 bridgehead atoms. The molecule has 0 spiro atoms. The zero-order chi connectivity index (χ0) is 18.9. The van der Waals surface area contributed by atoms with Crippen molar-refractivity contribution in [1.29, 1.82) is 0 Å². The molecule has 0 aliphatic heterocycles. The largest absolute Gasteiger partial charge is 0.255 e. The Hall–Kier alpha value is -1.41. The van der Waals surface area contributed by atoms with Crippen LogP contribution in [0.3, 0.4) is 0 Å². The number of fused-ring (bicyclic) bond motifs is 2. The summed E-state index contributed by atoms with van der Waals surface area (Å²) >= 11 is 2.22. The van der Waals surface area contributed by atoms with E-state index in [1.54, 1.807) is 19.3 Å². The van der Waals surface area contributed by atoms with Gasteiger partial charge in [0, 0.05) is 12.4 Å². The molecular formula is C20H21ClN2O2Pd. The molecule has 0 amide bonds. The maximum absolute atomic E-state index is 11.2. The van der Waals surface area contributed by atoms with Crippen LogP contribution in [0.25, 0.3) is 11.4 Å². The summed E-state index contributed by atoms with van der Waals surface area (Å²) in [7, 11) is 4.49. The number of Topliss-reactive ketones (excluding diaryl/α,β-unsaturated/α-hetero) is 1. The minimum absolute atomic E-state index is 0.0150. The van der Waals surface area contributed by atoms with Crippen molar-refractivity contribution < 1.29 is 27.8 Å². The van der Waals surface area contributed by atoms with Gasteiger partial charge in [-0.05, 0) is 55.9 Å². The molecule has 2 aromatic rings. The van der Waals surface area contributed by atoms with Gasteiger partial charge in [-0.25, -0.2) is 0 Å². The van der Waals surface area contributed by atoms with Gasteiger partial charge in [0.1, 0.15) is 5.78 Å². The van der Waals surface area contributed by atoms with Crippen molar-refractivity contribution in [2.75, 3.05) is 0 Å². The summed E-state index contributed by atoms with van der Waals surface area (Å²) in [6, 6.07) is 11.6. The van der Waals surface area contributed by atoms with E-state index in [-0.39, 0.29) is 17.6 Å². The van der Waals surface area contributed by atoms with Gasteiger partial charge in [0.15, 0.2) is 0 Å². The molecule has 4 nitrogen and oxygen atoms in total. The number of carbonyl (C=O) groups is 1. The Bertz CT molecular complexity index is 662. The molecule has 2 fully saturated rings. The van der Waals surface area contributed by atoms with E-state index in [2.05, 4.69) is 44.0 Å². The predicted molar refractivity (Wildman–Crippen MR) is 97.5 cm³/mol. The average molecular weight is 463 g/mol. The molecule has 2 aromatic heterocycles. The molecule has 0 N–H and O–H groups in total. The first-order chi connectivity index (χ1) is 12.7. The van der Waals surface area contributed by atoms with Crippen molar-refractivity contribution in [2.45, 2.75) is 26.2 Å². The number of halogens is 1. The Balaban J connectivity index is 0.000000171. The van der Waals surface area contributed by atoms with Crippen LogP contribution in [-0.2, 0) is 27.8 Å². The fourth-order valence-electron chi connectivity index (χ4n) is 4.07. The maximum Gasteiger partial charge on any atom is 0.0886 e. The second kappa shape index (κ2) is 10.7. The SMILES string of the molecule is CC(=O)[C@H]1[C@@H]2CC[C@@H](C2)[C@H]1[C-]=O.[Cl][Pd+].c1ccc(-c2ccccn2)nc1. The number of rotatable bonds is 3. The van der Waals surface area contributed by atoms with Gasteiger partial charge in [0.05, 0.1) is 11.4 Å². The van der Waals surface area contributed by atoms with Gasteiger partial charge in [-0.3, -0.25) is 21.0 Å². The summed E-state index contributed by atoms with van der Waals surface area (Å²) in [5.41, 5.74) is 1.83. The standard InChI is InChI=1S/C10H8N2.C10H13O2.ClH.Pd/c1-3-7-11-9(5-1)10-6-2-4-8-12-10;1-6(12)10-8-3-2-7(4-8)9(10)5-11;;/h1-8H;7-10H,2-4H2,1H3;1H;/q;-1;;+2/p-1/t;7-,8+,9+,10-;;/m.0../s1. The smallest absolute Gasteiger partial charge is 0.0886 e. The topological polar surface area (TPSA) is 59.9 Å². The Morgan fingerprint density at radius 2 is 1.58 bits per heavy atom. The minimum atomic E-state index is -0.0683. The van der Waals surface area contributed by atoms with Gasteiger partial charge in [0.25, 0.3) is 0 Å².